The van der Waals surface area contributed by atoms with E-state index in [9.17, 15) is 43.2 Å². The first-order chi connectivity index (χ1) is 50.7. The maximum absolute atomic E-state index is 13.1. The summed E-state index contributed by atoms with van der Waals surface area (Å²) in [5.41, 5.74) is 0. The standard InChI is InChI=1S/C85H146O17P2/c1-5-9-13-17-21-25-29-33-37-39-43-45-49-53-57-61-65-69-82(87)95-75-80(101-84(89)71-67-63-59-55-51-47-41-35-31-27-23-19-15-11-7-3)77-99-103(91,92)97-73-79(86)74-98-104(93,94)100-78-81(102-85(90)72-68-64-60-56-52-48-42-36-32-28-24-20-16-12-8-4)76-96-83(88)70-66-62-58-54-50-46-44-40-38-34-30-26-22-18-14-10-6-2/h21-22,25-27,31,33-34,36-38,42-46,53-54,57-58,79-81,86H,5-20,23-24,28-30,32,35,39-41,47-52,55-56,59-78H2,1-4H3,(H,91,92)(H,93,94)/b25-21-,26-22-,31-27-,37-33-,38-34-,42-36-,45-43-,46-44-,57-53-,58-54-/t79-,80+,81+/m0/s1. The number of carbonyl (C=O) groups excluding carboxylic acids is 4. The summed E-state index contributed by atoms with van der Waals surface area (Å²) >= 11 is 0. The number of allylic oxidation sites excluding steroid dienone is 20. The average molecular weight is 1500 g/mol. The zero-order valence-electron chi connectivity index (χ0n) is 65.4. The third-order valence-corrected chi connectivity index (χ3v) is 18.8. The third kappa shape index (κ3) is 75.7. The Morgan fingerprint density at radius 2 is 0.481 bits per heavy atom. The Labute approximate surface area is 632 Å². The molecule has 0 aliphatic carbocycles. The van der Waals surface area contributed by atoms with E-state index >= 15 is 0 Å². The summed E-state index contributed by atoms with van der Waals surface area (Å²) in [7, 11) is -9.99. The van der Waals surface area contributed by atoms with Gasteiger partial charge in [0.1, 0.15) is 19.3 Å². The molecular formula is C85H146O17P2. The van der Waals surface area contributed by atoms with Crippen molar-refractivity contribution in [2.75, 3.05) is 39.6 Å². The highest BCUT2D eigenvalue weighted by molar-refractivity contribution is 7.47. The third-order valence-electron chi connectivity index (χ3n) is 16.9. The molecule has 0 aromatic rings. The van der Waals surface area contributed by atoms with Gasteiger partial charge in [0, 0.05) is 25.7 Å². The van der Waals surface area contributed by atoms with Crippen LogP contribution in [0.5, 0.6) is 0 Å². The van der Waals surface area contributed by atoms with Gasteiger partial charge >= 0.3 is 39.5 Å². The van der Waals surface area contributed by atoms with Crippen molar-refractivity contribution in [3.63, 3.8) is 0 Å². The highest BCUT2D eigenvalue weighted by Gasteiger charge is 2.30. The first-order valence-electron chi connectivity index (χ1n) is 40.8. The van der Waals surface area contributed by atoms with Crippen LogP contribution in [0.1, 0.15) is 336 Å². The van der Waals surface area contributed by atoms with Gasteiger partial charge in [-0.3, -0.25) is 37.3 Å². The summed E-state index contributed by atoms with van der Waals surface area (Å²) in [5.74, 6) is -2.31. The Hall–Kier alpha value is -4.54. The van der Waals surface area contributed by atoms with Gasteiger partial charge in [-0.05, 0) is 154 Å². The van der Waals surface area contributed by atoms with Crippen LogP contribution in [0, 0.1) is 0 Å². The maximum Gasteiger partial charge on any atom is 0.472 e. The quantitative estimate of drug-likeness (QED) is 0.0169. The fourth-order valence-corrected chi connectivity index (χ4v) is 12.2. The molecule has 2 unspecified atom stereocenters. The van der Waals surface area contributed by atoms with Crippen molar-refractivity contribution >= 4 is 39.5 Å². The molecule has 0 aliphatic heterocycles. The lowest BCUT2D eigenvalue weighted by atomic mass is 10.1. The maximum atomic E-state index is 13.1. The second-order valence-electron chi connectivity index (χ2n) is 27.0. The minimum atomic E-state index is -5.00. The molecule has 3 N–H and O–H groups in total. The fourth-order valence-electron chi connectivity index (χ4n) is 10.6. The highest BCUT2D eigenvalue weighted by atomic mass is 31.2. The smallest absolute Gasteiger partial charge is 0.462 e. The van der Waals surface area contributed by atoms with Crippen molar-refractivity contribution in [2.45, 2.75) is 354 Å². The van der Waals surface area contributed by atoms with Gasteiger partial charge in [0.25, 0.3) is 0 Å². The molecule has 0 saturated heterocycles. The molecule has 598 valence electrons. The molecule has 19 heteroatoms. The number of carbonyl (C=O) groups is 4. The molecular weight excluding hydrogens is 1350 g/mol. The van der Waals surface area contributed by atoms with Gasteiger partial charge in [0.05, 0.1) is 26.4 Å². The first kappa shape index (κ1) is 99.5. The van der Waals surface area contributed by atoms with Crippen molar-refractivity contribution in [1.29, 1.82) is 0 Å². The van der Waals surface area contributed by atoms with Crippen LogP contribution in [0.4, 0.5) is 0 Å². The molecule has 0 aromatic carbocycles. The van der Waals surface area contributed by atoms with E-state index in [0.717, 1.165) is 141 Å². The number of hydrogen-bond acceptors (Lipinski definition) is 15. The van der Waals surface area contributed by atoms with Gasteiger partial charge < -0.3 is 33.8 Å². The second kappa shape index (κ2) is 76.6. The number of rotatable bonds is 76. The molecule has 0 aliphatic rings. The van der Waals surface area contributed by atoms with Gasteiger partial charge in [-0.1, -0.05) is 278 Å². The molecule has 0 amide bonds. The molecule has 0 aromatic heterocycles. The SMILES string of the molecule is CCCCC/C=C\C/C=C\C/C=C\C/C=C\CCCC(=O)OC[C@H](COP(=O)(O)OC[C@@H](O)COP(=O)(O)OC[C@@H](COC(=O)CCC/C=C\C/C=C\C/C=C\C/C=C\CCCCC)OC(=O)CCCCCCCCC/C=C\CCCCCC)OC(=O)CCCCCCC/C=C\CCCCCCCC. The van der Waals surface area contributed by atoms with Crippen molar-refractivity contribution < 1.29 is 80.2 Å². The Kier molecular flexibility index (Phi) is 73.3. The number of unbranched alkanes of at least 4 members (excludes halogenated alkanes) is 30. The minimum Gasteiger partial charge on any atom is -0.462 e. The number of hydrogen-bond donors (Lipinski definition) is 3. The first-order valence-corrected chi connectivity index (χ1v) is 43.8. The zero-order valence-corrected chi connectivity index (χ0v) is 67.2. The van der Waals surface area contributed by atoms with Gasteiger partial charge in [-0.2, -0.15) is 0 Å². The minimum absolute atomic E-state index is 0.0709. The summed E-state index contributed by atoms with van der Waals surface area (Å²) in [6.07, 6.45) is 84.7. The number of aliphatic hydroxyl groups excluding tert-OH is 1. The predicted octanol–water partition coefficient (Wildman–Crippen LogP) is 23.9. The average Bonchev–Trinajstić information content (AvgIpc) is 0.937. The molecule has 0 radical (unpaired) electrons. The normalized spacial score (nSPS) is 14.5. The van der Waals surface area contributed by atoms with Crippen molar-refractivity contribution in [2.24, 2.45) is 0 Å². The zero-order chi connectivity index (χ0) is 76.0. The largest absolute Gasteiger partial charge is 0.472 e. The monoisotopic (exact) mass is 1500 g/mol. The van der Waals surface area contributed by atoms with E-state index in [4.69, 9.17) is 37.0 Å². The molecule has 17 nitrogen and oxygen atoms in total. The van der Waals surface area contributed by atoms with Crippen LogP contribution >= 0.6 is 15.6 Å². The molecule has 0 rings (SSSR count). The summed E-state index contributed by atoms with van der Waals surface area (Å²) in [4.78, 5) is 73.0. The Morgan fingerprint density at radius 1 is 0.269 bits per heavy atom. The van der Waals surface area contributed by atoms with Crippen molar-refractivity contribution in [3.05, 3.63) is 122 Å². The topological polar surface area (TPSA) is 237 Å². The van der Waals surface area contributed by atoms with E-state index in [-0.39, 0.29) is 25.7 Å². The van der Waals surface area contributed by atoms with E-state index in [2.05, 4.69) is 125 Å². The highest BCUT2D eigenvalue weighted by Crippen LogP contribution is 2.45. The molecule has 104 heavy (non-hydrogen) atoms. The van der Waals surface area contributed by atoms with E-state index in [0.29, 0.717) is 38.5 Å². The van der Waals surface area contributed by atoms with Gasteiger partial charge in [0.2, 0.25) is 0 Å². The Balaban J connectivity index is 5.46. The molecule has 0 fully saturated rings. The van der Waals surface area contributed by atoms with E-state index in [1.165, 1.54) is 103 Å². The van der Waals surface area contributed by atoms with Crippen LogP contribution in [0.2, 0.25) is 0 Å². The molecule has 0 heterocycles. The number of phosphoric ester groups is 2. The lowest BCUT2D eigenvalue weighted by Gasteiger charge is -2.21. The summed E-state index contributed by atoms with van der Waals surface area (Å²) in [6, 6.07) is 0. The van der Waals surface area contributed by atoms with Crippen LogP contribution in [0.15, 0.2) is 122 Å². The number of esters is 4. The van der Waals surface area contributed by atoms with Crippen molar-refractivity contribution in [1.82, 2.24) is 0 Å². The molecule has 0 spiro atoms. The van der Waals surface area contributed by atoms with Crippen LogP contribution in [-0.2, 0) is 65.4 Å². The van der Waals surface area contributed by atoms with Crippen LogP contribution in [0.25, 0.3) is 0 Å². The number of ether oxygens (including phenoxy) is 4. The predicted molar refractivity (Wildman–Crippen MR) is 427 cm³/mol. The van der Waals surface area contributed by atoms with Crippen LogP contribution < -0.4 is 0 Å². The second-order valence-corrected chi connectivity index (χ2v) is 29.9. The van der Waals surface area contributed by atoms with Gasteiger partial charge in [-0.15, -0.1) is 0 Å². The van der Waals surface area contributed by atoms with Crippen molar-refractivity contribution in [3.8, 4) is 0 Å². The number of phosphoric acid groups is 2. The fraction of sp³-hybridized carbons (Fsp3) is 0.718. The summed E-state index contributed by atoms with van der Waals surface area (Å²) < 4.78 is 68.5. The Morgan fingerprint density at radius 3 is 0.788 bits per heavy atom. The van der Waals surface area contributed by atoms with E-state index in [1.54, 1.807) is 0 Å². The van der Waals surface area contributed by atoms with E-state index < -0.39 is 97.5 Å². The molecule has 0 saturated carbocycles. The lowest BCUT2D eigenvalue weighted by molar-refractivity contribution is -0.161. The van der Waals surface area contributed by atoms with Gasteiger partial charge in [0.15, 0.2) is 12.2 Å². The Bertz CT molecular complexity index is 2440. The summed E-state index contributed by atoms with van der Waals surface area (Å²) in [5, 5.41) is 10.6. The lowest BCUT2D eigenvalue weighted by Crippen LogP contribution is -2.30. The summed E-state index contributed by atoms with van der Waals surface area (Å²) in [6.45, 7) is 4.69. The van der Waals surface area contributed by atoms with Gasteiger partial charge in [-0.25, -0.2) is 9.13 Å². The molecule has 5 atom stereocenters. The molecule has 0 bridgehead atoms. The van der Waals surface area contributed by atoms with Crippen LogP contribution in [0.3, 0.4) is 0 Å². The van der Waals surface area contributed by atoms with E-state index in [1.807, 2.05) is 24.3 Å². The number of aliphatic hydroxyl groups is 1. The van der Waals surface area contributed by atoms with Crippen LogP contribution in [-0.4, -0.2) is 96.7 Å².